The highest BCUT2D eigenvalue weighted by Gasteiger charge is 2.45. The molecule has 40 heavy (non-hydrogen) atoms. The number of cyclic esters (lactones) is 1. The van der Waals surface area contributed by atoms with E-state index in [1.807, 2.05) is 6.92 Å². The van der Waals surface area contributed by atoms with Crippen LogP contribution >= 0.6 is 0 Å². The Bertz CT molecular complexity index is 1650. The van der Waals surface area contributed by atoms with Crippen molar-refractivity contribution in [3.63, 3.8) is 0 Å². The summed E-state index contributed by atoms with van der Waals surface area (Å²) in [5.74, 6) is -0.384. The predicted molar refractivity (Wildman–Crippen MR) is 144 cm³/mol. The Labute approximate surface area is 229 Å². The lowest BCUT2D eigenvalue weighted by atomic mass is 9.86. The number of aliphatic hydroxyl groups is 1. The van der Waals surface area contributed by atoms with Crippen LogP contribution in [0.4, 0.5) is 4.79 Å². The fourth-order valence-corrected chi connectivity index (χ4v) is 5.98. The van der Waals surface area contributed by atoms with E-state index in [4.69, 9.17) is 14.5 Å². The number of amides is 2. The fraction of sp³-hybridized carbons (Fsp3) is 0.414. The topological polar surface area (TPSA) is 131 Å². The van der Waals surface area contributed by atoms with Crippen molar-refractivity contribution in [1.29, 1.82) is 0 Å². The molecule has 1 atom stereocenters. The Morgan fingerprint density at radius 2 is 1.80 bits per heavy atom. The van der Waals surface area contributed by atoms with Gasteiger partial charge in [0.25, 0.3) is 5.56 Å². The van der Waals surface area contributed by atoms with E-state index in [9.17, 15) is 24.3 Å². The van der Waals surface area contributed by atoms with E-state index in [0.29, 0.717) is 61.8 Å². The summed E-state index contributed by atoms with van der Waals surface area (Å²) in [6, 6.07) is 6.96. The smallest absolute Gasteiger partial charge is 0.415 e. The normalized spacial score (nSPS) is 19.6. The minimum atomic E-state index is -1.88. The van der Waals surface area contributed by atoms with Crippen LogP contribution in [0.1, 0.15) is 49.4 Å². The van der Waals surface area contributed by atoms with Gasteiger partial charge in [-0.2, -0.15) is 0 Å². The van der Waals surface area contributed by atoms with Crippen molar-refractivity contribution in [2.45, 2.75) is 52.4 Å². The summed E-state index contributed by atoms with van der Waals surface area (Å²) >= 11 is 0. The van der Waals surface area contributed by atoms with Crippen LogP contribution in [0, 0.1) is 0 Å². The SMILES string of the molecule is CCc1c2c(nc3ccc(OC(=O)N4CCN(C(C)=O)CC4)cc13)-c1cc3c(c(=O)n1C2)COC(=O)[C@]3(O)CC. The molecule has 2 aromatic heterocycles. The first-order valence-corrected chi connectivity index (χ1v) is 13.5. The third-order valence-electron chi connectivity index (χ3n) is 8.32. The number of fused-ring (bicyclic) bond motifs is 5. The summed E-state index contributed by atoms with van der Waals surface area (Å²) in [4.78, 5) is 58.5. The Morgan fingerprint density at radius 1 is 1.07 bits per heavy atom. The molecule has 1 aromatic carbocycles. The first-order chi connectivity index (χ1) is 19.2. The summed E-state index contributed by atoms with van der Waals surface area (Å²) < 4.78 is 12.5. The van der Waals surface area contributed by atoms with Gasteiger partial charge >= 0.3 is 12.1 Å². The van der Waals surface area contributed by atoms with Gasteiger partial charge in [0.05, 0.1) is 29.0 Å². The molecule has 0 aliphatic carbocycles. The molecule has 1 saturated heterocycles. The zero-order valence-electron chi connectivity index (χ0n) is 22.7. The molecule has 5 heterocycles. The molecule has 1 N–H and O–H groups in total. The van der Waals surface area contributed by atoms with Crippen molar-refractivity contribution in [2.75, 3.05) is 26.2 Å². The number of carbonyl (C=O) groups excluding carboxylic acids is 3. The maximum atomic E-state index is 13.5. The van der Waals surface area contributed by atoms with Crippen LogP contribution in [-0.2, 0) is 39.5 Å². The highest BCUT2D eigenvalue weighted by molar-refractivity contribution is 5.90. The molecular formula is C29H30N4O7. The standard InChI is InChI=1S/C29H30N4O7/c1-4-18-19-12-17(40-28(37)32-10-8-31(9-11-32)16(3)34)6-7-23(19)30-25-20(18)14-33-24(25)13-22-21(26(33)35)15-39-27(36)29(22,38)5-2/h6-7,12-13,38H,4-5,8-11,14-15H2,1-3H3/t29-/m0/s1. The summed E-state index contributed by atoms with van der Waals surface area (Å²) in [6.45, 7) is 7.07. The number of esters is 1. The molecular weight excluding hydrogens is 516 g/mol. The van der Waals surface area contributed by atoms with Gasteiger partial charge < -0.3 is 28.9 Å². The monoisotopic (exact) mass is 546 g/mol. The van der Waals surface area contributed by atoms with Crippen molar-refractivity contribution in [3.8, 4) is 17.1 Å². The van der Waals surface area contributed by atoms with Gasteiger partial charge in [0, 0.05) is 49.6 Å². The van der Waals surface area contributed by atoms with Crippen molar-refractivity contribution in [2.24, 2.45) is 0 Å². The number of nitrogens with zero attached hydrogens (tertiary/aromatic N) is 4. The molecule has 3 aliphatic rings. The highest BCUT2D eigenvalue weighted by atomic mass is 16.6. The molecule has 2 amide bonds. The van der Waals surface area contributed by atoms with Gasteiger partial charge in [-0.3, -0.25) is 9.59 Å². The Hall–Kier alpha value is -4.25. The fourth-order valence-electron chi connectivity index (χ4n) is 5.98. The summed E-state index contributed by atoms with van der Waals surface area (Å²) in [6.07, 6.45) is 0.252. The number of ether oxygens (including phenoxy) is 2. The molecule has 0 spiro atoms. The number of carbonyl (C=O) groups is 3. The van der Waals surface area contributed by atoms with Gasteiger partial charge in [-0.15, -0.1) is 0 Å². The minimum Gasteiger partial charge on any atom is -0.458 e. The van der Waals surface area contributed by atoms with Gasteiger partial charge in [-0.05, 0) is 42.7 Å². The molecule has 6 rings (SSSR count). The maximum Gasteiger partial charge on any atom is 0.415 e. The van der Waals surface area contributed by atoms with Crippen molar-refractivity contribution in [3.05, 3.63) is 56.9 Å². The van der Waals surface area contributed by atoms with E-state index >= 15 is 0 Å². The number of aryl methyl sites for hydroxylation is 1. The number of pyridine rings is 2. The zero-order valence-corrected chi connectivity index (χ0v) is 22.7. The van der Waals surface area contributed by atoms with Crippen molar-refractivity contribution < 1.29 is 29.0 Å². The van der Waals surface area contributed by atoms with Crippen LogP contribution < -0.4 is 10.3 Å². The van der Waals surface area contributed by atoms with E-state index in [1.54, 1.807) is 45.6 Å². The molecule has 3 aromatic rings. The molecule has 208 valence electrons. The largest absolute Gasteiger partial charge is 0.458 e. The Kier molecular flexibility index (Phi) is 6.14. The van der Waals surface area contributed by atoms with Crippen LogP contribution in [0.15, 0.2) is 29.1 Å². The summed E-state index contributed by atoms with van der Waals surface area (Å²) in [5, 5.41) is 11.9. The number of hydrogen-bond donors (Lipinski definition) is 1. The average molecular weight is 547 g/mol. The van der Waals surface area contributed by atoms with E-state index in [2.05, 4.69) is 0 Å². The van der Waals surface area contributed by atoms with Crippen molar-refractivity contribution >= 4 is 28.9 Å². The Balaban J connectivity index is 1.36. The third-order valence-corrected chi connectivity index (χ3v) is 8.32. The second-order valence-corrected chi connectivity index (χ2v) is 10.4. The van der Waals surface area contributed by atoms with E-state index < -0.39 is 17.7 Å². The summed E-state index contributed by atoms with van der Waals surface area (Å²) in [5.41, 5.74) is 2.09. The lowest BCUT2D eigenvalue weighted by Crippen LogP contribution is -2.50. The van der Waals surface area contributed by atoms with Crippen LogP contribution in [-0.4, -0.2) is 68.6 Å². The zero-order chi connectivity index (χ0) is 28.3. The molecule has 11 nitrogen and oxygen atoms in total. The summed E-state index contributed by atoms with van der Waals surface area (Å²) in [7, 11) is 0. The number of piperazine rings is 1. The first kappa shape index (κ1) is 26.0. The van der Waals surface area contributed by atoms with Crippen LogP contribution in [0.3, 0.4) is 0 Å². The Morgan fingerprint density at radius 3 is 2.48 bits per heavy atom. The second kappa shape index (κ2) is 9.44. The number of rotatable bonds is 3. The number of benzene rings is 1. The molecule has 1 fully saturated rings. The molecule has 11 heteroatoms. The maximum absolute atomic E-state index is 13.5. The molecule has 3 aliphatic heterocycles. The lowest BCUT2D eigenvalue weighted by Gasteiger charge is -2.33. The quantitative estimate of drug-likeness (QED) is 0.388. The van der Waals surface area contributed by atoms with Crippen molar-refractivity contribution in [1.82, 2.24) is 19.4 Å². The van der Waals surface area contributed by atoms with Gasteiger partial charge in [0.15, 0.2) is 5.60 Å². The second-order valence-electron chi connectivity index (χ2n) is 10.4. The van der Waals surface area contributed by atoms with E-state index in [0.717, 1.165) is 16.5 Å². The third kappa shape index (κ3) is 3.87. The van der Waals surface area contributed by atoms with Gasteiger partial charge in [-0.25, -0.2) is 14.6 Å². The number of hydrogen-bond acceptors (Lipinski definition) is 8. The predicted octanol–water partition coefficient (Wildman–Crippen LogP) is 2.30. The lowest BCUT2D eigenvalue weighted by molar-refractivity contribution is -0.172. The molecule has 0 unspecified atom stereocenters. The minimum absolute atomic E-state index is 0.0119. The highest BCUT2D eigenvalue weighted by Crippen LogP contribution is 2.40. The van der Waals surface area contributed by atoms with Gasteiger partial charge in [0.1, 0.15) is 12.4 Å². The molecule has 0 saturated carbocycles. The van der Waals surface area contributed by atoms with E-state index in [1.165, 1.54) is 6.92 Å². The van der Waals surface area contributed by atoms with Gasteiger partial charge in [-0.1, -0.05) is 13.8 Å². The number of aromatic nitrogens is 2. The average Bonchev–Trinajstić information content (AvgIpc) is 3.32. The van der Waals surface area contributed by atoms with Crippen LogP contribution in [0.25, 0.3) is 22.3 Å². The van der Waals surface area contributed by atoms with E-state index in [-0.39, 0.29) is 35.6 Å². The van der Waals surface area contributed by atoms with Gasteiger partial charge in [0.2, 0.25) is 5.91 Å². The van der Waals surface area contributed by atoms with Crippen LogP contribution in [0.2, 0.25) is 0 Å². The first-order valence-electron chi connectivity index (χ1n) is 13.5. The van der Waals surface area contributed by atoms with Crippen LogP contribution in [0.5, 0.6) is 5.75 Å². The molecule has 0 bridgehead atoms. The molecule has 0 radical (unpaired) electrons.